The summed E-state index contributed by atoms with van der Waals surface area (Å²) >= 11 is 0. The van der Waals surface area contributed by atoms with E-state index in [2.05, 4.69) is 10.6 Å². The first-order valence-electron chi connectivity index (χ1n) is 8.57. The number of rotatable bonds is 15. The second kappa shape index (κ2) is 15.5. The first-order chi connectivity index (χ1) is 10.2. The van der Waals surface area contributed by atoms with Crippen molar-refractivity contribution in [3.05, 3.63) is 0 Å². The monoisotopic (exact) mass is 298 g/mol. The van der Waals surface area contributed by atoms with Crippen LogP contribution in [0.5, 0.6) is 0 Å². The number of hydrogen-bond acceptors (Lipinski definition) is 3. The number of ketones is 1. The molecule has 0 atom stereocenters. The molecule has 0 radical (unpaired) electrons. The highest BCUT2D eigenvalue weighted by Crippen LogP contribution is 2.07. The summed E-state index contributed by atoms with van der Waals surface area (Å²) in [6, 6.07) is 0. The van der Waals surface area contributed by atoms with Gasteiger partial charge in [0.15, 0.2) is 0 Å². The molecule has 0 saturated carbocycles. The molecule has 0 bridgehead atoms. The normalized spacial score (nSPS) is 10.6. The number of nitrogens with one attached hydrogen (secondary N) is 2. The minimum Gasteiger partial charge on any atom is -0.356 e. The number of carbonyl (C=O) groups is 2. The molecule has 0 aliphatic heterocycles. The van der Waals surface area contributed by atoms with Gasteiger partial charge in [-0.3, -0.25) is 4.79 Å². The van der Waals surface area contributed by atoms with Gasteiger partial charge in [0, 0.05) is 19.4 Å². The molecule has 0 heterocycles. The fraction of sp³-hybridized carbons (Fsp3) is 0.882. The average Bonchev–Trinajstić information content (AvgIpc) is 2.45. The van der Waals surface area contributed by atoms with Crippen LogP contribution in [0.4, 0.5) is 0 Å². The summed E-state index contributed by atoms with van der Waals surface area (Å²) in [5.41, 5.74) is 0. The van der Waals surface area contributed by atoms with Crippen molar-refractivity contribution in [3.8, 4) is 0 Å². The van der Waals surface area contributed by atoms with Gasteiger partial charge in [0.25, 0.3) is 0 Å². The lowest BCUT2D eigenvalue weighted by Gasteiger charge is -2.05. The third kappa shape index (κ3) is 17.0. The lowest BCUT2D eigenvalue weighted by Crippen LogP contribution is -2.24. The van der Waals surface area contributed by atoms with E-state index in [1.54, 1.807) is 6.92 Å². The largest absolute Gasteiger partial charge is 0.356 e. The molecular formula is C17H34N2O2. The Hall–Kier alpha value is -0.900. The van der Waals surface area contributed by atoms with Crippen LogP contribution in [0.3, 0.4) is 0 Å². The van der Waals surface area contributed by atoms with Crippen LogP contribution in [0, 0.1) is 0 Å². The Kier molecular flexibility index (Phi) is 14.8. The van der Waals surface area contributed by atoms with Crippen molar-refractivity contribution in [1.82, 2.24) is 10.6 Å². The molecule has 21 heavy (non-hydrogen) atoms. The molecule has 124 valence electrons. The summed E-state index contributed by atoms with van der Waals surface area (Å²) in [5, 5.41) is 6.13. The number of hydrogen-bond donors (Lipinski definition) is 2. The van der Waals surface area contributed by atoms with Gasteiger partial charge in [-0.25, -0.2) is 0 Å². The smallest absolute Gasteiger partial charge is 0.219 e. The number of unbranched alkanes of at least 4 members (excludes halogenated alkanes) is 7. The Morgan fingerprint density at radius 3 is 1.86 bits per heavy atom. The predicted octanol–water partition coefficient (Wildman–Crippen LogP) is 3.20. The second-order valence-corrected chi connectivity index (χ2v) is 5.84. The van der Waals surface area contributed by atoms with Crippen molar-refractivity contribution in [2.75, 3.05) is 20.1 Å². The third-order valence-corrected chi connectivity index (χ3v) is 3.61. The Morgan fingerprint density at radius 1 is 0.714 bits per heavy atom. The Bertz CT molecular complexity index is 268. The van der Waals surface area contributed by atoms with Crippen molar-refractivity contribution in [2.45, 2.75) is 77.6 Å². The zero-order valence-corrected chi connectivity index (χ0v) is 14.0. The van der Waals surface area contributed by atoms with E-state index in [1.165, 1.54) is 19.3 Å². The van der Waals surface area contributed by atoms with Crippen molar-refractivity contribution < 1.29 is 9.59 Å². The van der Waals surface area contributed by atoms with Crippen molar-refractivity contribution >= 4 is 11.7 Å². The van der Waals surface area contributed by atoms with Crippen LogP contribution in [0.1, 0.15) is 77.6 Å². The molecule has 0 aromatic carbocycles. The van der Waals surface area contributed by atoms with E-state index in [0.29, 0.717) is 12.8 Å². The van der Waals surface area contributed by atoms with E-state index in [1.807, 2.05) is 7.05 Å². The van der Waals surface area contributed by atoms with Gasteiger partial charge in [-0.05, 0) is 46.2 Å². The molecule has 0 unspecified atom stereocenters. The average molecular weight is 298 g/mol. The topological polar surface area (TPSA) is 58.2 Å². The van der Waals surface area contributed by atoms with E-state index in [4.69, 9.17) is 0 Å². The van der Waals surface area contributed by atoms with Crippen LogP contribution < -0.4 is 10.6 Å². The maximum atomic E-state index is 11.6. The van der Waals surface area contributed by atoms with Gasteiger partial charge in [0.05, 0.1) is 0 Å². The first kappa shape index (κ1) is 20.1. The molecule has 4 heteroatoms. The number of Topliss-reactive ketones (excluding diaryl/α,β-unsaturated/α-hetero) is 1. The molecule has 0 spiro atoms. The number of amides is 1. The fourth-order valence-electron chi connectivity index (χ4n) is 2.29. The molecule has 4 nitrogen and oxygen atoms in total. The SMILES string of the molecule is CNCCCCCCNC(=O)CCCCCCCC(C)=O. The third-order valence-electron chi connectivity index (χ3n) is 3.61. The van der Waals surface area contributed by atoms with E-state index in [9.17, 15) is 9.59 Å². The van der Waals surface area contributed by atoms with Crippen molar-refractivity contribution in [3.63, 3.8) is 0 Å². The first-order valence-corrected chi connectivity index (χ1v) is 8.57. The van der Waals surface area contributed by atoms with Crippen molar-refractivity contribution in [1.29, 1.82) is 0 Å². The zero-order chi connectivity index (χ0) is 15.8. The van der Waals surface area contributed by atoms with E-state index in [0.717, 1.165) is 51.6 Å². The fourth-order valence-corrected chi connectivity index (χ4v) is 2.29. The maximum absolute atomic E-state index is 11.6. The minimum absolute atomic E-state index is 0.189. The molecular weight excluding hydrogens is 264 g/mol. The molecule has 0 aromatic heterocycles. The van der Waals surface area contributed by atoms with E-state index >= 15 is 0 Å². The Balaban J connectivity index is 3.18. The quantitative estimate of drug-likeness (QED) is 0.456. The molecule has 2 N–H and O–H groups in total. The molecule has 0 rings (SSSR count). The highest BCUT2D eigenvalue weighted by molar-refractivity contribution is 5.75. The van der Waals surface area contributed by atoms with Crippen LogP contribution in [-0.2, 0) is 9.59 Å². The van der Waals surface area contributed by atoms with E-state index < -0.39 is 0 Å². The Labute approximate surface area is 130 Å². The highest BCUT2D eigenvalue weighted by atomic mass is 16.1. The summed E-state index contributed by atoms with van der Waals surface area (Å²) in [7, 11) is 1.98. The zero-order valence-electron chi connectivity index (χ0n) is 14.0. The number of carbonyl (C=O) groups excluding carboxylic acids is 2. The summed E-state index contributed by atoms with van der Waals surface area (Å²) in [6.45, 7) is 3.54. The highest BCUT2D eigenvalue weighted by Gasteiger charge is 2.00. The lowest BCUT2D eigenvalue weighted by atomic mass is 10.1. The van der Waals surface area contributed by atoms with Gasteiger partial charge in [0.2, 0.25) is 5.91 Å². The van der Waals surface area contributed by atoms with Gasteiger partial charge in [-0.15, -0.1) is 0 Å². The molecule has 0 aromatic rings. The molecule has 0 aliphatic rings. The van der Waals surface area contributed by atoms with Crippen LogP contribution >= 0.6 is 0 Å². The second-order valence-electron chi connectivity index (χ2n) is 5.84. The van der Waals surface area contributed by atoms with Crippen LogP contribution in [0.2, 0.25) is 0 Å². The van der Waals surface area contributed by atoms with Gasteiger partial charge < -0.3 is 15.4 Å². The molecule has 0 fully saturated rings. The van der Waals surface area contributed by atoms with Crippen LogP contribution in [0.15, 0.2) is 0 Å². The van der Waals surface area contributed by atoms with Crippen LogP contribution in [-0.4, -0.2) is 31.8 Å². The maximum Gasteiger partial charge on any atom is 0.219 e. The molecule has 0 saturated heterocycles. The summed E-state index contributed by atoms with van der Waals surface area (Å²) < 4.78 is 0. The van der Waals surface area contributed by atoms with Gasteiger partial charge in [-0.1, -0.05) is 32.1 Å². The van der Waals surface area contributed by atoms with E-state index in [-0.39, 0.29) is 11.7 Å². The van der Waals surface area contributed by atoms with Gasteiger partial charge in [0.1, 0.15) is 5.78 Å². The minimum atomic E-state index is 0.189. The lowest BCUT2D eigenvalue weighted by molar-refractivity contribution is -0.121. The summed E-state index contributed by atoms with van der Waals surface area (Å²) in [6.07, 6.45) is 11.4. The standard InChI is InChI=1S/C17H34N2O2/c1-16(20)12-8-4-3-5-9-13-17(21)19-15-11-7-6-10-14-18-2/h18H,3-15H2,1-2H3,(H,19,21). The summed E-state index contributed by atoms with van der Waals surface area (Å²) in [5.74, 6) is 0.467. The summed E-state index contributed by atoms with van der Waals surface area (Å²) in [4.78, 5) is 22.4. The van der Waals surface area contributed by atoms with Gasteiger partial charge in [-0.2, -0.15) is 0 Å². The molecule has 1 amide bonds. The molecule has 0 aliphatic carbocycles. The Morgan fingerprint density at radius 2 is 1.24 bits per heavy atom. The van der Waals surface area contributed by atoms with Crippen LogP contribution in [0.25, 0.3) is 0 Å². The van der Waals surface area contributed by atoms with Crippen molar-refractivity contribution in [2.24, 2.45) is 0 Å². The predicted molar refractivity (Wildman–Crippen MR) is 88.4 cm³/mol. The van der Waals surface area contributed by atoms with Gasteiger partial charge >= 0.3 is 0 Å².